The van der Waals surface area contributed by atoms with E-state index in [0.29, 0.717) is 0 Å². The van der Waals surface area contributed by atoms with Crippen LogP contribution in [0, 0.1) is 5.41 Å². The quantitative estimate of drug-likeness (QED) is 0.367. The normalized spacial score (nSPS) is 15.2. The van der Waals surface area contributed by atoms with Crippen LogP contribution in [0.5, 0.6) is 0 Å². The minimum Gasteiger partial charge on any atom is -0.363 e. The molecular weight excluding hydrogens is 197 g/mol. The molecule has 0 aromatic rings. The van der Waals surface area contributed by atoms with Crippen molar-refractivity contribution in [3.05, 3.63) is 0 Å². The molecule has 0 saturated heterocycles. The molecule has 0 saturated carbocycles. The summed E-state index contributed by atoms with van der Waals surface area (Å²) in [6, 6.07) is 0. The summed E-state index contributed by atoms with van der Waals surface area (Å²) < 4.78 is 10.4. The summed E-state index contributed by atoms with van der Waals surface area (Å²) in [5.41, 5.74) is -0.795. The van der Waals surface area contributed by atoms with Crippen molar-refractivity contribution in [1.82, 2.24) is 5.32 Å². The van der Waals surface area contributed by atoms with Gasteiger partial charge in [-0.25, -0.2) is 0 Å². The zero-order valence-corrected chi connectivity index (χ0v) is 8.58. The molecule has 1 amide bonds. The van der Waals surface area contributed by atoms with Crippen molar-refractivity contribution < 1.29 is 24.3 Å². The first-order valence-corrected chi connectivity index (χ1v) is 5.27. The Hall–Kier alpha value is -0.420. The van der Waals surface area contributed by atoms with Crippen LogP contribution >= 0.6 is 7.60 Å². The molecule has 78 valence electrons. The molecular formula is C6H14NO5P. The first-order chi connectivity index (χ1) is 5.55. The zero-order chi connectivity index (χ0) is 10.9. The van der Waals surface area contributed by atoms with E-state index in [1.807, 2.05) is 5.32 Å². The molecule has 6 nitrogen and oxygen atoms in total. The lowest BCUT2D eigenvalue weighted by Gasteiger charge is -2.21. The minimum absolute atomic E-state index is 0.622. The molecule has 4 N–H and O–H groups in total. The molecule has 1 unspecified atom stereocenters. The zero-order valence-electron chi connectivity index (χ0n) is 7.68. The number of amides is 1. The lowest BCUT2D eigenvalue weighted by atomic mass is 9.96. The molecule has 0 aromatic heterocycles. The lowest BCUT2D eigenvalue weighted by Crippen LogP contribution is -2.41. The molecule has 0 aliphatic carbocycles. The van der Waals surface area contributed by atoms with E-state index in [2.05, 4.69) is 0 Å². The van der Waals surface area contributed by atoms with Gasteiger partial charge < -0.3 is 20.2 Å². The first kappa shape index (κ1) is 12.6. The summed E-state index contributed by atoms with van der Waals surface area (Å²) in [7, 11) is -4.66. The van der Waals surface area contributed by atoms with Crippen LogP contribution < -0.4 is 5.32 Å². The van der Waals surface area contributed by atoms with E-state index in [4.69, 9.17) is 14.9 Å². The van der Waals surface area contributed by atoms with Crippen LogP contribution in [0.3, 0.4) is 0 Å². The average Bonchev–Trinajstić information content (AvgIpc) is 1.82. The van der Waals surface area contributed by atoms with Gasteiger partial charge in [-0.05, 0) is 0 Å². The Balaban J connectivity index is 4.33. The Morgan fingerprint density at radius 2 is 1.77 bits per heavy atom. The third-order valence-electron chi connectivity index (χ3n) is 1.26. The standard InChI is InChI=1S/C6H14NO5P/c1-6(2,3)4(8)7-5(9)13(10,11)12/h5,9H,1-3H3,(H,7,8)(H2,10,11,12). The number of nitrogens with one attached hydrogen (secondary N) is 1. The summed E-state index contributed by atoms with van der Waals surface area (Å²) in [5.74, 6) is -2.75. The summed E-state index contributed by atoms with van der Waals surface area (Å²) in [5, 5.41) is 10.6. The molecule has 0 spiro atoms. The van der Waals surface area contributed by atoms with Crippen molar-refractivity contribution in [2.24, 2.45) is 5.41 Å². The third kappa shape index (κ3) is 4.38. The fourth-order valence-electron chi connectivity index (χ4n) is 0.418. The molecule has 7 heteroatoms. The largest absolute Gasteiger partial charge is 0.374 e. The first-order valence-electron chi connectivity index (χ1n) is 3.59. The Kier molecular flexibility index (Phi) is 3.63. The second-order valence-corrected chi connectivity index (χ2v) is 5.35. The number of aliphatic hydroxyl groups excluding tert-OH is 1. The number of hydrogen-bond acceptors (Lipinski definition) is 3. The Labute approximate surface area is 76.1 Å². The van der Waals surface area contributed by atoms with Crippen molar-refractivity contribution >= 4 is 13.5 Å². The van der Waals surface area contributed by atoms with Crippen LogP contribution in [0.1, 0.15) is 20.8 Å². The maximum Gasteiger partial charge on any atom is 0.374 e. The Bertz CT molecular complexity index is 240. The van der Waals surface area contributed by atoms with Crippen molar-refractivity contribution in [3.8, 4) is 0 Å². The van der Waals surface area contributed by atoms with Gasteiger partial charge in [0.2, 0.25) is 11.9 Å². The van der Waals surface area contributed by atoms with E-state index in [0.717, 1.165) is 0 Å². The van der Waals surface area contributed by atoms with Crippen molar-refractivity contribution in [2.45, 2.75) is 26.7 Å². The molecule has 0 aromatic carbocycles. The van der Waals surface area contributed by atoms with Gasteiger partial charge in [0, 0.05) is 5.41 Å². The highest BCUT2D eigenvalue weighted by Crippen LogP contribution is 2.38. The van der Waals surface area contributed by atoms with Crippen LogP contribution in [0.25, 0.3) is 0 Å². The lowest BCUT2D eigenvalue weighted by molar-refractivity contribution is -0.130. The molecule has 1 atom stereocenters. The second kappa shape index (κ2) is 3.75. The highest BCUT2D eigenvalue weighted by atomic mass is 31.2. The summed E-state index contributed by atoms with van der Waals surface area (Å²) in [4.78, 5) is 28.0. The maximum atomic E-state index is 11.1. The molecule has 0 heterocycles. The molecule has 0 radical (unpaired) electrons. The van der Waals surface area contributed by atoms with Crippen LogP contribution in [0.2, 0.25) is 0 Å². The van der Waals surface area contributed by atoms with Gasteiger partial charge in [-0.2, -0.15) is 0 Å². The number of carbonyl (C=O) groups is 1. The van der Waals surface area contributed by atoms with E-state index in [9.17, 15) is 9.36 Å². The minimum atomic E-state index is -4.66. The number of aliphatic hydroxyl groups is 1. The summed E-state index contributed by atoms with van der Waals surface area (Å²) >= 11 is 0. The topological polar surface area (TPSA) is 107 Å². The van der Waals surface area contributed by atoms with Crippen molar-refractivity contribution in [1.29, 1.82) is 0 Å². The van der Waals surface area contributed by atoms with E-state index in [1.54, 1.807) is 20.8 Å². The van der Waals surface area contributed by atoms with Crippen LogP contribution in [0.15, 0.2) is 0 Å². The fourth-order valence-corrected chi connectivity index (χ4v) is 0.703. The van der Waals surface area contributed by atoms with Gasteiger partial charge in [0.1, 0.15) is 0 Å². The Morgan fingerprint density at radius 1 is 1.38 bits per heavy atom. The van der Waals surface area contributed by atoms with Crippen LogP contribution in [0.4, 0.5) is 0 Å². The second-order valence-electron chi connectivity index (χ2n) is 3.69. The van der Waals surface area contributed by atoms with Gasteiger partial charge in [0.25, 0.3) is 0 Å². The van der Waals surface area contributed by atoms with Gasteiger partial charge in [-0.15, -0.1) is 0 Å². The molecule has 0 bridgehead atoms. The van der Waals surface area contributed by atoms with Crippen molar-refractivity contribution in [3.63, 3.8) is 0 Å². The highest BCUT2D eigenvalue weighted by molar-refractivity contribution is 7.52. The summed E-state index contributed by atoms with van der Waals surface area (Å²) in [6.07, 6.45) is 0. The van der Waals surface area contributed by atoms with E-state index in [-0.39, 0.29) is 0 Å². The van der Waals surface area contributed by atoms with Gasteiger partial charge in [-0.1, -0.05) is 20.8 Å². The molecule has 13 heavy (non-hydrogen) atoms. The van der Waals surface area contributed by atoms with Crippen LogP contribution in [-0.4, -0.2) is 26.8 Å². The smallest absolute Gasteiger partial charge is 0.363 e. The molecule has 0 fully saturated rings. The van der Waals surface area contributed by atoms with Crippen LogP contribution in [-0.2, 0) is 9.36 Å². The summed E-state index contributed by atoms with van der Waals surface area (Å²) in [6.45, 7) is 4.69. The van der Waals surface area contributed by atoms with E-state index < -0.39 is 24.9 Å². The van der Waals surface area contributed by atoms with Crippen molar-refractivity contribution in [2.75, 3.05) is 0 Å². The molecule has 0 rings (SSSR count). The average molecular weight is 211 g/mol. The molecule has 0 aliphatic heterocycles. The number of hydrogen-bond donors (Lipinski definition) is 4. The van der Waals surface area contributed by atoms with Gasteiger partial charge in [-0.3, -0.25) is 9.36 Å². The fraction of sp³-hybridized carbons (Fsp3) is 0.833. The SMILES string of the molecule is CC(C)(C)C(=O)NC(O)P(=O)(O)O. The monoisotopic (exact) mass is 211 g/mol. The van der Waals surface area contributed by atoms with Gasteiger partial charge in [0.15, 0.2) is 0 Å². The van der Waals surface area contributed by atoms with E-state index >= 15 is 0 Å². The highest BCUT2D eigenvalue weighted by Gasteiger charge is 2.31. The predicted molar refractivity (Wildman–Crippen MR) is 45.6 cm³/mol. The molecule has 0 aliphatic rings. The maximum absolute atomic E-state index is 11.1. The number of rotatable bonds is 2. The predicted octanol–water partition coefficient (Wildman–Crippen LogP) is -0.398. The third-order valence-corrected chi connectivity index (χ3v) is 2.03. The Morgan fingerprint density at radius 3 is 2.00 bits per heavy atom. The number of carbonyl (C=O) groups excluding carboxylic acids is 1. The van der Waals surface area contributed by atoms with E-state index in [1.165, 1.54) is 0 Å². The van der Waals surface area contributed by atoms with Gasteiger partial charge in [0.05, 0.1) is 0 Å². The van der Waals surface area contributed by atoms with Gasteiger partial charge >= 0.3 is 7.60 Å².